The second-order valence-electron chi connectivity index (χ2n) is 8.43. The van der Waals surface area contributed by atoms with Gasteiger partial charge in [0.15, 0.2) is 0 Å². The molecule has 0 radical (unpaired) electrons. The summed E-state index contributed by atoms with van der Waals surface area (Å²) in [6, 6.07) is 16.3. The topological polar surface area (TPSA) is 101 Å². The predicted octanol–water partition coefficient (Wildman–Crippen LogP) is 4.44. The maximum atomic E-state index is 12.8. The van der Waals surface area contributed by atoms with Crippen LogP contribution in [0.3, 0.4) is 0 Å². The van der Waals surface area contributed by atoms with Gasteiger partial charge in [-0.1, -0.05) is 6.42 Å². The van der Waals surface area contributed by atoms with Crippen molar-refractivity contribution in [2.45, 2.75) is 37.1 Å². The molecule has 1 amide bonds. The van der Waals surface area contributed by atoms with E-state index in [9.17, 15) is 13.2 Å². The Kier molecular flexibility index (Phi) is 8.09. The highest BCUT2D eigenvalue weighted by molar-refractivity contribution is 7.92. The molecule has 35 heavy (non-hydrogen) atoms. The molecule has 2 N–H and O–H groups in total. The summed E-state index contributed by atoms with van der Waals surface area (Å²) in [5.41, 5.74) is 0.818. The first kappa shape index (κ1) is 24.8. The number of hydrogen-bond donors (Lipinski definition) is 2. The summed E-state index contributed by atoms with van der Waals surface area (Å²) in [5.74, 6) is 1.23. The van der Waals surface area contributed by atoms with Gasteiger partial charge in [0.2, 0.25) is 0 Å². The van der Waals surface area contributed by atoms with E-state index in [4.69, 9.17) is 9.15 Å². The van der Waals surface area contributed by atoms with Crippen LogP contribution in [0, 0.1) is 0 Å². The van der Waals surface area contributed by atoms with Crippen LogP contribution in [0.4, 0.5) is 5.69 Å². The number of likely N-dealkylation sites (tertiary alicyclic amines) is 1. The van der Waals surface area contributed by atoms with Gasteiger partial charge in [0.05, 0.1) is 23.8 Å². The number of anilines is 1. The van der Waals surface area contributed by atoms with Gasteiger partial charge in [0, 0.05) is 17.8 Å². The standard InChI is InChI=1S/C26H31N3O5S/c1-2-33-22-12-10-21(11-13-22)28-35(31,32)23-14-8-20(9-15-23)26(30)27-19-24(25-7-6-18-34-25)29-16-4-3-5-17-29/h6-15,18,24,28H,2-5,16-17,19H2,1H3,(H,27,30)/t24-/m0/s1. The summed E-state index contributed by atoms with van der Waals surface area (Å²) in [6.45, 7) is 4.76. The van der Waals surface area contributed by atoms with Crippen molar-refractivity contribution in [3.8, 4) is 5.75 Å². The van der Waals surface area contributed by atoms with Gasteiger partial charge < -0.3 is 14.5 Å². The minimum absolute atomic E-state index is 0.0350. The smallest absolute Gasteiger partial charge is 0.261 e. The molecule has 2 aromatic carbocycles. The van der Waals surface area contributed by atoms with Crippen molar-refractivity contribution in [3.63, 3.8) is 0 Å². The summed E-state index contributed by atoms with van der Waals surface area (Å²) in [4.78, 5) is 15.2. The van der Waals surface area contributed by atoms with E-state index in [0.29, 0.717) is 30.2 Å². The van der Waals surface area contributed by atoms with Crippen molar-refractivity contribution >= 4 is 21.6 Å². The molecule has 1 aliphatic rings. The number of hydrogen-bond acceptors (Lipinski definition) is 6. The Bertz CT molecular complexity index is 1190. The van der Waals surface area contributed by atoms with Gasteiger partial charge in [0.25, 0.3) is 15.9 Å². The van der Waals surface area contributed by atoms with Gasteiger partial charge in [-0.05, 0) is 93.5 Å². The van der Waals surface area contributed by atoms with E-state index in [2.05, 4.69) is 14.9 Å². The van der Waals surface area contributed by atoms with E-state index in [0.717, 1.165) is 31.7 Å². The SMILES string of the molecule is CCOc1ccc(NS(=O)(=O)c2ccc(C(=O)NC[C@@H](c3ccco3)N3CCCCC3)cc2)cc1. The molecular weight excluding hydrogens is 466 g/mol. The van der Waals surface area contributed by atoms with E-state index in [1.165, 1.54) is 30.7 Å². The first-order valence-corrected chi connectivity index (χ1v) is 13.4. The lowest BCUT2D eigenvalue weighted by Gasteiger charge is -2.33. The largest absolute Gasteiger partial charge is 0.494 e. The van der Waals surface area contributed by atoms with Crippen LogP contribution in [-0.2, 0) is 10.0 Å². The Morgan fingerprint density at radius 2 is 1.74 bits per heavy atom. The van der Waals surface area contributed by atoms with Crippen molar-refractivity contribution < 1.29 is 22.4 Å². The average Bonchev–Trinajstić information content (AvgIpc) is 3.41. The molecule has 1 aliphatic heterocycles. The monoisotopic (exact) mass is 497 g/mol. The molecule has 0 aliphatic carbocycles. The third-order valence-corrected chi connectivity index (χ3v) is 7.40. The lowest BCUT2D eigenvalue weighted by Crippen LogP contribution is -2.40. The van der Waals surface area contributed by atoms with E-state index >= 15 is 0 Å². The van der Waals surface area contributed by atoms with Crippen molar-refractivity contribution in [1.82, 2.24) is 10.2 Å². The highest BCUT2D eigenvalue weighted by atomic mass is 32.2. The van der Waals surface area contributed by atoms with Crippen LogP contribution in [-0.4, -0.2) is 45.5 Å². The summed E-state index contributed by atoms with van der Waals surface area (Å²) < 4.78 is 39.1. The summed E-state index contributed by atoms with van der Waals surface area (Å²) in [5, 5.41) is 2.98. The van der Waals surface area contributed by atoms with E-state index in [1.807, 2.05) is 19.1 Å². The van der Waals surface area contributed by atoms with Gasteiger partial charge >= 0.3 is 0 Å². The number of rotatable bonds is 10. The molecule has 1 atom stereocenters. The predicted molar refractivity (Wildman–Crippen MR) is 134 cm³/mol. The molecule has 186 valence electrons. The van der Waals surface area contributed by atoms with Gasteiger partial charge in [0.1, 0.15) is 11.5 Å². The Hall–Kier alpha value is -3.30. The molecule has 9 heteroatoms. The third-order valence-electron chi connectivity index (χ3n) is 6.00. The van der Waals surface area contributed by atoms with Crippen LogP contribution in [0.2, 0.25) is 0 Å². The summed E-state index contributed by atoms with van der Waals surface area (Å²) >= 11 is 0. The van der Waals surface area contributed by atoms with Gasteiger partial charge in [-0.25, -0.2) is 8.42 Å². The number of carbonyl (C=O) groups is 1. The quantitative estimate of drug-likeness (QED) is 0.430. The van der Waals surface area contributed by atoms with Crippen LogP contribution in [0.1, 0.15) is 48.3 Å². The zero-order valence-electron chi connectivity index (χ0n) is 19.8. The van der Waals surface area contributed by atoms with E-state index in [1.54, 1.807) is 30.5 Å². The van der Waals surface area contributed by atoms with Crippen LogP contribution < -0.4 is 14.8 Å². The van der Waals surface area contributed by atoms with E-state index < -0.39 is 10.0 Å². The molecule has 1 fully saturated rings. The lowest BCUT2D eigenvalue weighted by atomic mass is 10.1. The fourth-order valence-corrected chi connectivity index (χ4v) is 5.26. The van der Waals surface area contributed by atoms with Gasteiger partial charge in [-0.15, -0.1) is 0 Å². The molecular formula is C26H31N3O5S. The number of amides is 1. The number of sulfonamides is 1. The zero-order valence-corrected chi connectivity index (χ0v) is 20.6. The average molecular weight is 498 g/mol. The highest BCUT2D eigenvalue weighted by Crippen LogP contribution is 2.25. The molecule has 4 rings (SSSR count). The molecule has 3 aromatic rings. The molecule has 1 saturated heterocycles. The number of piperidine rings is 1. The maximum absolute atomic E-state index is 12.8. The molecule has 0 spiro atoms. The van der Waals surface area contributed by atoms with E-state index in [-0.39, 0.29) is 16.8 Å². The molecule has 0 saturated carbocycles. The summed E-state index contributed by atoms with van der Waals surface area (Å²) in [7, 11) is -3.79. The number of carbonyl (C=O) groups excluding carboxylic acids is 1. The second-order valence-corrected chi connectivity index (χ2v) is 10.1. The van der Waals surface area contributed by atoms with Crippen molar-refractivity contribution in [3.05, 3.63) is 78.3 Å². The number of ether oxygens (including phenoxy) is 1. The maximum Gasteiger partial charge on any atom is 0.261 e. The third kappa shape index (κ3) is 6.43. The Balaban J connectivity index is 1.38. The van der Waals surface area contributed by atoms with Crippen molar-refractivity contribution in [2.24, 2.45) is 0 Å². The normalized spacial score (nSPS) is 15.3. The molecule has 0 unspecified atom stereocenters. The minimum Gasteiger partial charge on any atom is -0.494 e. The highest BCUT2D eigenvalue weighted by Gasteiger charge is 2.25. The molecule has 0 bridgehead atoms. The van der Waals surface area contributed by atoms with Crippen LogP contribution in [0.15, 0.2) is 76.2 Å². The number of nitrogens with one attached hydrogen (secondary N) is 2. The number of benzene rings is 2. The Morgan fingerprint density at radius 1 is 1.03 bits per heavy atom. The first-order valence-electron chi connectivity index (χ1n) is 11.9. The van der Waals surface area contributed by atoms with Crippen LogP contribution >= 0.6 is 0 Å². The fourth-order valence-electron chi connectivity index (χ4n) is 4.20. The second kappa shape index (κ2) is 11.4. The first-order chi connectivity index (χ1) is 17.0. The molecule has 8 nitrogen and oxygen atoms in total. The molecule has 1 aromatic heterocycles. The lowest BCUT2D eigenvalue weighted by molar-refractivity contribution is 0.0914. The van der Waals surface area contributed by atoms with Crippen molar-refractivity contribution in [1.29, 1.82) is 0 Å². The Labute approximate surface area is 206 Å². The fraction of sp³-hybridized carbons (Fsp3) is 0.346. The van der Waals surface area contributed by atoms with Crippen LogP contribution in [0.25, 0.3) is 0 Å². The Morgan fingerprint density at radius 3 is 2.37 bits per heavy atom. The van der Waals surface area contributed by atoms with Gasteiger partial charge in [-0.2, -0.15) is 0 Å². The number of nitrogens with zero attached hydrogens (tertiary/aromatic N) is 1. The zero-order chi connectivity index (χ0) is 24.7. The molecule has 2 heterocycles. The summed E-state index contributed by atoms with van der Waals surface area (Å²) in [6.07, 6.45) is 5.13. The minimum atomic E-state index is -3.79. The van der Waals surface area contributed by atoms with Crippen LogP contribution in [0.5, 0.6) is 5.75 Å². The number of furan rings is 1. The van der Waals surface area contributed by atoms with Crippen molar-refractivity contribution in [2.75, 3.05) is 31.0 Å². The van der Waals surface area contributed by atoms with Gasteiger partial charge in [-0.3, -0.25) is 14.4 Å².